The van der Waals surface area contributed by atoms with Gasteiger partial charge in [-0.2, -0.15) is 5.10 Å². The van der Waals surface area contributed by atoms with Crippen LogP contribution in [0.4, 0.5) is 0 Å². The molecule has 1 aromatic heterocycles. The van der Waals surface area contributed by atoms with Crippen LogP contribution in [-0.2, 0) is 16.1 Å². The van der Waals surface area contributed by atoms with Gasteiger partial charge in [-0.25, -0.2) is 0 Å². The zero-order valence-corrected chi connectivity index (χ0v) is 13.3. The second kappa shape index (κ2) is 6.14. The van der Waals surface area contributed by atoms with Crippen molar-refractivity contribution in [1.82, 2.24) is 14.7 Å². The molecule has 2 heterocycles. The molecule has 20 heavy (non-hydrogen) atoms. The van der Waals surface area contributed by atoms with Crippen LogP contribution in [0.15, 0.2) is 0 Å². The Labute approximate surface area is 124 Å². The maximum atomic E-state index is 12.3. The van der Waals surface area contributed by atoms with Gasteiger partial charge in [0.1, 0.15) is 0 Å². The number of hydrogen-bond donors (Lipinski definition) is 0. The number of hydrogen-bond acceptors (Lipinski definition) is 3. The van der Waals surface area contributed by atoms with Crippen molar-refractivity contribution in [2.75, 3.05) is 13.1 Å². The lowest BCUT2D eigenvalue weighted by atomic mass is 10.2. The van der Waals surface area contributed by atoms with Gasteiger partial charge in [-0.1, -0.05) is 11.6 Å². The van der Waals surface area contributed by atoms with Crippen LogP contribution in [-0.4, -0.2) is 45.9 Å². The van der Waals surface area contributed by atoms with Crippen LogP contribution in [0.25, 0.3) is 0 Å². The molecular formula is C14H22ClN3O2. The molecule has 1 saturated heterocycles. The normalized spacial score (nSPS) is 23.1. The Kier molecular flexibility index (Phi) is 4.70. The molecule has 1 aliphatic heterocycles. The van der Waals surface area contributed by atoms with Gasteiger partial charge in [0, 0.05) is 19.5 Å². The molecule has 0 bridgehead atoms. The quantitative estimate of drug-likeness (QED) is 0.859. The summed E-state index contributed by atoms with van der Waals surface area (Å²) < 4.78 is 7.45. The maximum Gasteiger partial charge on any atom is 0.224 e. The number of nitrogens with zero attached hydrogens (tertiary/aromatic N) is 3. The van der Waals surface area contributed by atoms with E-state index in [1.807, 2.05) is 37.3 Å². The number of amides is 1. The Balaban J connectivity index is 1.93. The van der Waals surface area contributed by atoms with Gasteiger partial charge in [0.2, 0.25) is 5.91 Å². The summed E-state index contributed by atoms with van der Waals surface area (Å²) in [6.45, 7) is 9.69. The maximum absolute atomic E-state index is 12.3. The van der Waals surface area contributed by atoms with Crippen LogP contribution in [0.1, 0.15) is 31.7 Å². The molecule has 1 aliphatic rings. The van der Waals surface area contributed by atoms with Crippen LogP contribution in [0.2, 0.25) is 5.02 Å². The summed E-state index contributed by atoms with van der Waals surface area (Å²) in [5.74, 6) is 0.149. The number of carbonyl (C=O) groups is 1. The molecule has 112 valence electrons. The highest BCUT2D eigenvalue weighted by Gasteiger charge is 2.25. The lowest BCUT2D eigenvalue weighted by Crippen LogP contribution is -2.48. The highest BCUT2D eigenvalue weighted by molar-refractivity contribution is 6.31. The molecule has 1 aromatic rings. The fourth-order valence-electron chi connectivity index (χ4n) is 2.63. The predicted octanol–water partition coefficient (Wildman–Crippen LogP) is 2.18. The zero-order valence-electron chi connectivity index (χ0n) is 12.5. The van der Waals surface area contributed by atoms with E-state index in [0.29, 0.717) is 31.1 Å². The second-order valence-electron chi connectivity index (χ2n) is 5.51. The van der Waals surface area contributed by atoms with Gasteiger partial charge in [-0.15, -0.1) is 0 Å². The first-order valence-corrected chi connectivity index (χ1v) is 7.39. The molecule has 0 unspecified atom stereocenters. The summed E-state index contributed by atoms with van der Waals surface area (Å²) in [7, 11) is 0. The highest BCUT2D eigenvalue weighted by Crippen LogP contribution is 2.19. The first-order valence-electron chi connectivity index (χ1n) is 7.01. The number of morpholine rings is 1. The number of ether oxygens (including phenoxy) is 1. The smallest absolute Gasteiger partial charge is 0.224 e. The van der Waals surface area contributed by atoms with Crippen molar-refractivity contribution in [3.05, 3.63) is 16.4 Å². The first kappa shape index (κ1) is 15.3. The van der Waals surface area contributed by atoms with E-state index < -0.39 is 0 Å². The molecule has 1 fully saturated rings. The molecule has 0 N–H and O–H groups in total. The van der Waals surface area contributed by atoms with Crippen LogP contribution in [0, 0.1) is 13.8 Å². The first-order chi connectivity index (χ1) is 9.38. The van der Waals surface area contributed by atoms with E-state index in [1.165, 1.54) is 0 Å². The monoisotopic (exact) mass is 299 g/mol. The van der Waals surface area contributed by atoms with Crippen molar-refractivity contribution in [3.8, 4) is 0 Å². The highest BCUT2D eigenvalue weighted by atomic mass is 35.5. The minimum Gasteiger partial charge on any atom is -0.372 e. The fourth-order valence-corrected chi connectivity index (χ4v) is 2.77. The van der Waals surface area contributed by atoms with Crippen LogP contribution in [0.3, 0.4) is 0 Å². The molecule has 0 spiro atoms. The lowest BCUT2D eigenvalue weighted by Gasteiger charge is -2.35. The van der Waals surface area contributed by atoms with Crippen molar-refractivity contribution in [2.24, 2.45) is 0 Å². The molecule has 0 saturated carbocycles. The van der Waals surface area contributed by atoms with Crippen LogP contribution >= 0.6 is 11.6 Å². The van der Waals surface area contributed by atoms with E-state index in [1.54, 1.807) is 0 Å². The largest absolute Gasteiger partial charge is 0.372 e. The summed E-state index contributed by atoms with van der Waals surface area (Å²) in [5.41, 5.74) is 1.73. The Morgan fingerprint density at radius 1 is 1.35 bits per heavy atom. The van der Waals surface area contributed by atoms with E-state index in [0.717, 1.165) is 11.4 Å². The number of rotatable bonds is 3. The second-order valence-corrected chi connectivity index (χ2v) is 5.89. The third-order valence-corrected chi connectivity index (χ3v) is 4.15. The van der Waals surface area contributed by atoms with Gasteiger partial charge in [0.25, 0.3) is 0 Å². The Morgan fingerprint density at radius 3 is 2.45 bits per heavy atom. The molecular weight excluding hydrogens is 278 g/mol. The van der Waals surface area contributed by atoms with Gasteiger partial charge < -0.3 is 9.64 Å². The average Bonchev–Trinajstić information content (AvgIpc) is 2.62. The molecule has 1 amide bonds. The van der Waals surface area contributed by atoms with Gasteiger partial charge in [-0.3, -0.25) is 9.48 Å². The summed E-state index contributed by atoms with van der Waals surface area (Å²) in [5, 5.41) is 5.03. The van der Waals surface area contributed by atoms with E-state index in [9.17, 15) is 4.79 Å². The third kappa shape index (κ3) is 3.33. The Bertz CT molecular complexity index is 491. The lowest BCUT2D eigenvalue weighted by molar-refractivity contribution is -0.143. The molecule has 2 atom stereocenters. The van der Waals surface area contributed by atoms with Gasteiger partial charge in [0.05, 0.1) is 35.2 Å². The minimum absolute atomic E-state index is 0.103. The standard InChI is InChI=1S/C14H22ClN3O2/c1-9-7-17(8-10(2)20-9)13(19)5-6-18-12(4)14(15)11(3)16-18/h9-10H,5-8H2,1-4H3/t9-,10-/m1/s1. The summed E-state index contributed by atoms with van der Waals surface area (Å²) in [6.07, 6.45) is 0.647. The van der Waals surface area contributed by atoms with Gasteiger partial charge in [0.15, 0.2) is 0 Å². The molecule has 0 aromatic carbocycles. The van der Waals surface area contributed by atoms with Crippen molar-refractivity contribution < 1.29 is 9.53 Å². The van der Waals surface area contributed by atoms with E-state index in [-0.39, 0.29) is 18.1 Å². The van der Waals surface area contributed by atoms with Crippen LogP contribution in [0.5, 0.6) is 0 Å². The molecule has 0 radical (unpaired) electrons. The van der Waals surface area contributed by atoms with Crippen LogP contribution < -0.4 is 0 Å². The molecule has 6 heteroatoms. The van der Waals surface area contributed by atoms with E-state index in [2.05, 4.69) is 5.10 Å². The average molecular weight is 300 g/mol. The van der Waals surface area contributed by atoms with Gasteiger partial charge in [-0.05, 0) is 27.7 Å². The SMILES string of the molecule is Cc1nn(CCC(=O)N2C[C@@H](C)O[C@H](C)C2)c(C)c1Cl. The zero-order chi connectivity index (χ0) is 14.9. The van der Waals surface area contributed by atoms with Crippen molar-refractivity contribution >= 4 is 17.5 Å². The number of carbonyl (C=O) groups excluding carboxylic acids is 1. The third-order valence-electron chi connectivity index (χ3n) is 3.60. The summed E-state index contributed by atoms with van der Waals surface area (Å²) >= 11 is 6.11. The van der Waals surface area contributed by atoms with Crippen molar-refractivity contribution in [3.63, 3.8) is 0 Å². The number of aromatic nitrogens is 2. The van der Waals surface area contributed by atoms with E-state index >= 15 is 0 Å². The Morgan fingerprint density at radius 2 is 1.95 bits per heavy atom. The summed E-state index contributed by atoms with van der Waals surface area (Å²) in [4.78, 5) is 14.1. The molecule has 2 rings (SSSR count). The number of aryl methyl sites for hydroxylation is 2. The minimum atomic E-state index is 0.103. The summed E-state index contributed by atoms with van der Waals surface area (Å²) in [6, 6.07) is 0. The van der Waals surface area contributed by atoms with Crippen molar-refractivity contribution in [2.45, 2.75) is 52.9 Å². The van der Waals surface area contributed by atoms with Gasteiger partial charge >= 0.3 is 0 Å². The van der Waals surface area contributed by atoms with E-state index in [4.69, 9.17) is 16.3 Å². The van der Waals surface area contributed by atoms with Crippen molar-refractivity contribution in [1.29, 1.82) is 0 Å². The molecule has 5 nitrogen and oxygen atoms in total. The predicted molar refractivity (Wildman–Crippen MR) is 77.9 cm³/mol. The Hall–Kier alpha value is -1.07. The molecule has 0 aliphatic carbocycles. The topological polar surface area (TPSA) is 47.4 Å². The fraction of sp³-hybridized carbons (Fsp3) is 0.714. The number of halogens is 1.